The summed E-state index contributed by atoms with van der Waals surface area (Å²) in [5.74, 6) is -0.0537. The first-order valence-corrected chi connectivity index (χ1v) is 20.8. The van der Waals surface area contributed by atoms with Gasteiger partial charge in [-0.25, -0.2) is 28.1 Å². The zero-order chi connectivity index (χ0) is 40.8. The maximum absolute atomic E-state index is 13.5. The molecule has 0 fully saturated rings. The fourth-order valence-corrected chi connectivity index (χ4v) is 8.39. The van der Waals surface area contributed by atoms with Gasteiger partial charge in [0.1, 0.15) is 22.1 Å². The lowest BCUT2D eigenvalue weighted by Gasteiger charge is -2.31. The van der Waals surface area contributed by atoms with Crippen molar-refractivity contribution in [1.29, 1.82) is 0 Å². The molecule has 58 heavy (non-hydrogen) atoms. The molecule has 18 heteroatoms. The van der Waals surface area contributed by atoms with E-state index in [0.29, 0.717) is 61.1 Å². The summed E-state index contributed by atoms with van der Waals surface area (Å²) in [6.45, 7) is 1.53. The molecule has 0 aliphatic carbocycles. The molecule has 0 radical (unpaired) electrons. The second kappa shape index (κ2) is 17.4. The highest BCUT2D eigenvalue weighted by molar-refractivity contribution is 7.99. The highest BCUT2D eigenvalue weighted by atomic mass is 32.2. The Hall–Kier alpha value is -6.37. The molecule has 0 bridgehead atoms. The van der Waals surface area contributed by atoms with Gasteiger partial charge >= 0.3 is 5.69 Å². The van der Waals surface area contributed by atoms with Crippen molar-refractivity contribution in [2.45, 2.75) is 35.2 Å². The summed E-state index contributed by atoms with van der Waals surface area (Å²) >= 11 is 1.59. The van der Waals surface area contributed by atoms with Gasteiger partial charge in [0, 0.05) is 47.6 Å². The number of thioether (sulfide) groups is 1. The van der Waals surface area contributed by atoms with E-state index < -0.39 is 31.4 Å². The van der Waals surface area contributed by atoms with Crippen molar-refractivity contribution < 1.29 is 22.9 Å². The number of fused-ring (bicyclic) bond motifs is 2. The van der Waals surface area contributed by atoms with Crippen LogP contribution in [0.25, 0.3) is 5.65 Å². The summed E-state index contributed by atoms with van der Waals surface area (Å²) in [7, 11) is -0.756. The molecule has 298 valence electrons. The zero-order valence-electron chi connectivity index (χ0n) is 31.6. The largest absolute Gasteiger partial charge is 0.361 e. The van der Waals surface area contributed by atoms with Gasteiger partial charge in [-0.15, -0.1) is 11.8 Å². The van der Waals surface area contributed by atoms with Crippen LogP contribution in [0, 0.1) is 10.1 Å². The van der Waals surface area contributed by atoms with E-state index in [2.05, 4.69) is 25.6 Å². The molecule has 0 saturated carbocycles. The quantitative estimate of drug-likeness (QED) is 0.0669. The minimum atomic E-state index is -4.61. The summed E-state index contributed by atoms with van der Waals surface area (Å²) in [6.07, 6.45) is 5.79. The Morgan fingerprint density at radius 2 is 1.78 bits per heavy atom. The van der Waals surface area contributed by atoms with E-state index in [1.807, 2.05) is 99.9 Å². The van der Waals surface area contributed by atoms with Crippen molar-refractivity contribution in [1.82, 2.24) is 29.0 Å². The number of amides is 2. The number of carbonyl (C=O) groups is 2. The second-order valence-corrected chi connectivity index (χ2v) is 16.6. The number of nitrogens with one attached hydrogen (secondary N) is 3. The number of pyridine rings is 3. The van der Waals surface area contributed by atoms with Gasteiger partial charge < -0.3 is 24.8 Å². The van der Waals surface area contributed by atoms with Crippen LogP contribution in [0.5, 0.6) is 0 Å². The van der Waals surface area contributed by atoms with Gasteiger partial charge in [-0.3, -0.25) is 19.7 Å². The summed E-state index contributed by atoms with van der Waals surface area (Å²) < 4.78 is 30.7. The van der Waals surface area contributed by atoms with Crippen LogP contribution in [0.2, 0.25) is 0 Å². The van der Waals surface area contributed by atoms with Crippen molar-refractivity contribution in [3.63, 3.8) is 0 Å². The number of rotatable bonds is 15. The molecule has 3 N–H and O–H groups in total. The highest BCUT2D eigenvalue weighted by Crippen LogP contribution is 2.29. The zero-order valence-corrected chi connectivity index (χ0v) is 33.2. The predicted octanol–water partition coefficient (Wildman–Crippen LogP) is 5.49. The van der Waals surface area contributed by atoms with Crippen molar-refractivity contribution in [3.8, 4) is 0 Å². The maximum atomic E-state index is 13.5. The van der Waals surface area contributed by atoms with Gasteiger partial charge in [-0.1, -0.05) is 42.5 Å². The lowest BCUT2D eigenvalue weighted by Crippen LogP contribution is -2.34. The fourth-order valence-electron chi connectivity index (χ4n) is 6.48. The number of imidazole rings is 1. The minimum Gasteiger partial charge on any atom is -0.361 e. The monoisotopic (exact) mass is 820 g/mol. The van der Waals surface area contributed by atoms with Crippen LogP contribution >= 0.6 is 11.8 Å². The molecule has 5 heterocycles. The molecule has 1 aliphatic heterocycles. The van der Waals surface area contributed by atoms with Crippen LogP contribution in [0.3, 0.4) is 0 Å². The minimum absolute atomic E-state index is 0.0824. The Balaban J connectivity index is 1.04. The van der Waals surface area contributed by atoms with Gasteiger partial charge in [-0.05, 0) is 87.1 Å². The first-order chi connectivity index (χ1) is 27.9. The van der Waals surface area contributed by atoms with E-state index in [9.17, 15) is 28.1 Å². The smallest absolute Gasteiger partial charge is 0.312 e. The number of anilines is 3. The third-order valence-corrected chi connectivity index (χ3v) is 11.9. The normalized spacial score (nSPS) is 13.2. The van der Waals surface area contributed by atoms with Gasteiger partial charge in [-0.2, -0.15) is 0 Å². The van der Waals surface area contributed by atoms with Crippen molar-refractivity contribution in [3.05, 3.63) is 142 Å². The topological polar surface area (TPSA) is 197 Å². The highest BCUT2D eigenvalue weighted by Gasteiger charge is 2.28. The number of hydrogen-bond donors (Lipinski definition) is 3. The molecule has 1 aliphatic rings. The lowest BCUT2D eigenvalue weighted by atomic mass is 9.94. The Labute approximate surface area is 338 Å². The number of carbonyl (C=O) groups excluding carboxylic acids is 2. The van der Waals surface area contributed by atoms with E-state index >= 15 is 0 Å². The van der Waals surface area contributed by atoms with Gasteiger partial charge in [0.15, 0.2) is 5.82 Å². The van der Waals surface area contributed by atoms with E-state index in [4.69, 9.17) is 0 Å². The first-order valence-electron chi connectivity index (χ1n) is 18.3. The van der Waals surface area contributed by atoms with E-state index in [-0.39, 0.29) is 23.5 Å². The van der Waals surface area contributed by atoms with Crippen LogP contribution in [0.1, 0.15) is 38.4 Å². The Bertz CT molecular complexity index is 2550. The maximum Gasteiger partial charge on any atom is 0.312 e. The van der Waals surface area contributed by atoms with Crippen LogP contribution in [-0.2, 0) is 23.0 Å². The standard InChI is InChI=1S/C40H40N10O6S2/c1-47(2)20-18-28(26-57-29-11-4-3-5-12-29)42-38-34(50(53)54)22-30(23-41-38)58(55,56)46-40(52)33-14-9-16-36(43-33)49-21-17-27-10-8-13-31(32(27)24-49)39(51)45-35-25-48-19-7-6-15-37(48)44-35/h3-16,19,22-23,25,28H,17-18,20-21,24,26H2,1-2H3,(H,41,42)(H,45,51)(H,46,52)/t28-/m1/s1. The molecule has 4 aromatic heterocycles. The first kappa shape index (κ1) is 39.8. The summed E-state index contributed by atoms with van der Waals surface area (Å²) in [5, 5.41) is 18.2. The van der Waals surface area contributed by atoms with Gasteiger partial charge in [0.2, 0.25) is 5.82 Å². The fraction of sp³-hybridized carbons (Fsp3) is 0.225. The number of hydrogen-bond acceptors (Lipinski definition) is 13. The number of nitro groups is 1. The van der Waals surface area contributed by atoms with Crippen molar-refractivity contribution in [2.24, 2.45) is 0 Å². The third kappa shape index (κ3) is 9.42. The van der Waals surface area contributed by atoms with Crippen LogP contribution in [0.15, 0.2) is 119 Å². The molecular weight excluding hydrogens is 781 g/mol. The van der Waals surface area contributed by atoms with Crippen LogP contribution in [-0.4, -0.2) is 88.4 Å². The predicted molar refractivity (Wildman–Crippen MR) is 222 cm³/mol. The second-order valence-electron chi connectivity index (χ2n) is 13.8. The molecule has 2 aromatic carbocycles. The van der Waals surface area contributed by atoms with Crippen LogP contribution < -0.4 is 20.3 Å². The van der Waals surface area contributed by atoms with Gasteiger partial charge in [0.25, 0.3) is 21.8 Å². The van der Waals surface area contributed by atoms with E-state index in [1.54, 1.807) is 36.2 Å². The molecule has 0 spiro atoms. The average Bonchev–Trinajstić information content (AvgIpc) is 3.64. The summed E-state index contributed by atoms with van der Waals surface area (Å²) in [6, 6.07) is 26.1. The average molecular weight is 821 g/mol. The Morgan fingerprint density at radius 1 is 0.983 bits per heavy atom. The van der Waals surface area contributed by atoms with Crippen molar-refractivity contribution >= 4 is 62.4 Å². The summed E-state index contributed by atoms with van der Waals surface area (Å²) in [5.41, 5.74) is 2.22. The molecule has 0 unspecified atom stereocenters. The molecule has 6 aromatic rings. The van der Waals surface area contributed by atoms with Crippen molar-refractivity contribution in [2.75, 3.05) is 48.5 Å². The lowest BCUT2D eigenvalue weighted by molar-refractivity contribution is -0.384. The van der Waals surface area contributed by atoms with E-state index in [1.165, 1.54) is 6.07 Å². The molecule has 2 amide bonds. The number of nitrogens with zero attached hydrogens (tertiary/aromatic N) is 7. The van der Waals surface area contributed by atoms with E-state index in [0.717, 1.165) is 28.3 Å². The Morgan fingerprint density at radius 3 is 2.55 bits per heavy atom. The molecule has 0 saturated heterocycles. The SMILES string of the molecule is CN(C)CC[C@H](CSc1ccccc1)Nc1ncc(S(=O)(=O)NC(=O)c2cccc(N3CCc4cccc(C(=O)Nc5cn6ccccc6n5)c4C3)n2)cc1[N+](=O)[O-]. The van der Waals surface area contributed by atoms with Crippen LogP contribution in [0.4, 0.5) is 23.1 Å². The molecule has 16 nitrogen and oxygen atoms in total. The molecule has 1 atom stereocenters. The number of benzene rings is 2. The third-order valence-electron chi connectivity index (χ3n) is 9.45. The molecular formula is C40H40N10O6S2. The molecule has 7 rings (SSSR count). The number of aromatic nitrogens is 4. The summed E-state index contributed by atoms with van der Waals surface area (Å²) in [4.78, 5) is 55.9. The van der Waals surface area contributed by atoms with Gasteiger partial charge in [0.05, 0.1) is 17.3 Å². The Kier molecular flexibility index (Phi) is 12.0. The number of sulfonamides is 1.